The lowest BCUT2D eigenvalue weighted by atomic mass is 10.1. The molecular formula is C21H22N4O6. The van der Waals surface area contributed by atoms with Crippen molar-refractivity contribution in [3.8, 4) is 17.2 Å². The van der Waals surface area contributed by atoms with Crippen molar-refractivity contribution in [3.05, 3.63) is 50.8 Å². The molecule has 0 aliphatic carbocycles. The van der Waals surface area contributed by atoms with E-state index in [1.165, 1.54) is 18.7 Å². The molecule has 0 saturated carbocycles. The van der Waals surface area contributed by atoms with Crippen LogP contribution in [0.25, 0.3) is 11.0 Å². The summed E-state index contributed by atoms with van der Waals surface area (Å²) in [6, 6.07) is 4.98. The van der Waals surface area contributed by atoms with Gasteiger partial charge in [0, 0.05) is 30.6 Å². The quantitative estimate of drug-likeness (QED) is 0.649. The van der Waals surface area contributed by atoms with Crippen LogP contribution in [0.1, 0.15) is 12.5 Å². The van der Waals surface area contributed by atoms with Crippen molar-refractivity contribution in [1.82, 2.24) is 14.1 Å². The fourth-order valence-electron chi connectivity index (χ4n) is 3.55. The third-order valence-corrected chi connectivity index (χ3v) is 5.09. The summed E-state index contributed by atoms with van der Waals surface area (Å²) >= 11 is 0. The molecule has 1 N–H and O–H groups in total. The Hall–Kier alpha value is -3.82. The van der Waals surface area contributed by atoms with Crippen LogP contribution in [0.15, 0.2) is 34.0 Å². The fraction of sp³-hybridized carbons (Fsp3) is 0.333. The number of benzene rings is 1. The fourth-order valence-corrected chi connectivity index (χ4v) is 3.55. The number of rotatable bonds is 5. The highest BCUT2D eigenvalue weighted by atomic mass is 16.6. The van der Waals surface area contributed by atoms with Gasteiger partial charge < -0.3 is 19.5 Å². The molecule has 2 aromatic heterocycles. The third-order valence-electron chi connectivity index (χ3n) is 5.09. The number of fused-ring (bicyclic) bond motifs is 2. The molecule has 4 rings (SSSR count). The number of ether oxygens (including phenoxy) is 3. The molecule has 0 fully saturated rings. The Labute approximate surface area is 177 Å². The van der Waals surface area contributed by atoms with E-state index in [0.29, 0.717) is 42.6 Å². The van der Waals surface area contributed by atoms with E-state index in [-0.39, 0.29) is 11.0 Å². The summed E-state index contributed by atoms with van der Waals surface area (Å²) in [5, 5.41) is 2.85. The Kier molecular flexibility index (Phi) is 5.37. The highest BCUT2D eigenvalue weighted by Crippen LogP contribution is 2.32. The van der Waals surface area contributed by atoms with Gasteiger partial charge in [0.05, 0.1) is 7.11 Å². The molecule has 1 aromatic carbocycles. The molecule has 0 radical (unpaired) electrons. The number of amides is 1. The van der Waals surface area contributed by atoms with Crippen LogP contribution in [0.4, 0.5) is 5.69 Å². The van der Waals surface area contributed by atoms with Crippen molar-refractivity contribution >= 4 is 22.6 Å². The van der Waals surface area contributed by atoms with Gasteiger partial charge in [-0.15, -0.1) is 0 Å². The maximum absolute atomic E-state index is 13.1. The third kappa shape index (κ3) is 3.60. The highest BCUT2D eigenvalue weighted by molar-refractivity contribution is 5.91. The van der Waals surface area contributed by atoms with Gasteiger partial charge >= 0.3 is 5.69 Å². The largest absolute Gasteiger partial charge is 0.495 e. The van der Waals surface area contributed by atoms with Crippen LogP contribution >= 0.6 is 0 Å². The lowest BCUT2D eigenvalue weighted by Crippen LogP contribution is -2.42. The summed E-state index contributed by atoms with van der Waals surface area (Å²) in [5.74, 6) is 0.934. The number of carbonyl (C=O) groups is 1. The van der Waals surface area contributed by atoms with Crippen LogP contribution in [0.3, 0.4) is 0 Å². The number of hydrogen-bond donors (Lipinski definition) is 1. The zero-order valence-electron chi connectivity index (χ0n) is 17.4. The van der Waals surface area contributed by atoms with Gasteiger partial charge in [0.1, 0.15) is 30.9 Å². The molecule has 3 heterocycles. The van der Waals surface area contributed by atoms with E-state index >= 15 is 0 Å². The van der Waals surface area contributed by atoms with E-state index in [0.717, 1.165) is 10.1 Å². The summed E-state index contributed by atoms with van der Waals surface area (Å²) < 4.78 is 18.5. The van der Waals surface area contributed by atoms with Gasteiger partial charge in [-0.3, -0.25) is 14.2 Å². The molecule has 1 amide bonds. The number of pyridine rings is 1. The average Bonchev–Trinajstić information content (AvgIpc) is 2.79. The Morgan fingerprint density at radius 3 is 2.68 bits per heavy atom. The Balaban J connectivity index is 1.70. The maximum Gasteiger partial charge on any atom is 0.332 e. The van der Waals surface area contributed by atoms with Gasteiger partial charge in [0.15, 0.2) is 17.1 Å². The van der Waals surface area contributed by atoms with Crippen molar-refractivity contribution in [2.75, 3.05) is 25.6 Å². The van der Waals surface area contributed by atoms with Crippen molar-refractivity contribution in [3.63, 3.8) is 0 Å². The van der Waals surface area contributed by atoms with Crippen molar-refractivity contribution in [1.29, 1.82) is 0 Å². The van der Waals surface area contributed by atoms with E-state index < -0.39 is 23.7 Å². The molecule has 162 valence electrons. The Bertz CT molecular complexity index is 1290. The Morgan fingerprint density at radius 2 is 1.97 bits per heavy atom. The number of nitrogens with zero attached hydrogens (tertiary/aromatic N) is 3. The topological polar surface area (TPSA) is 114 Å². The van der Waals surface area contributed by atoms with E-state index in [1.54, 1.807) is 24.4 Å². The van der Waals surface area contributed by atoms with Crippen molar-refractivity contribution in [2.24, 2.45) is 7.05 Å². The molecule has 0 saturated heterocycles. The molecule has 0 atom stereocenters. The monoisotopic (exact) mass is 426 g/mol. The van der Waals surface area contributed by atoms with Gasteiger partial charge in [-0.1, -0.05) is 6.92 Å². The van der Waals surface area contributed by atoms with Gasteiger partial charge in [0.2, 0.25) is 5.91 Å². The molecule has 10 nitrogen and oxygen atoms in total. The molecular weight excluding hydrogens is 404 g/mol. The lowest BCUT2D eigenvalue weighted by molar-refractivity contribution is -0.116. The minimum atomic E-state index is -0.645. The predicted molar refractivity (Wildman–Crippen MR) is 113 cm³/mol. The van der Waals surface area contributed by atoms with E-state index in [2.05, 4.69) is 10.3 Å². The Morgan fingerprint density at radius 1 is 1.23 bits per heavy atom. The first-order valence-corrected chi connectivity index (χ1v) is 9.79. The molecule has 1 aliphatic rings. The number of anilines is 1. The standard InChI is InChI=1S/C21H22N4O6/c1-4-12-10-22-19-17(18(12)29-3)20(27)25(21(28)24(19)2)11-16(26)23-13-5-6-14-15(9-13)31-8-7-30-14/h5-6,9-10H,4,7-8,11H2,1-3H3,(H,23,26). The van der Waals surface area contributed by atoms with E-state index in [4.69, 9.17) is 14.2 Å². The van der Waals surface area contributed by atoms with Crippen LogP contribution in [-0.4, -0.2) is 40.3 Å². The summed E-state index contributed by atoms with van der Waals surface area (Å²) in [4.78, 5) is 42.8. The van der Waals surface area contributed by atoms with Crippen molar-refractivity contribution in [2.45, 2.75) is 19.9 Å². The van der Waals surface area contributed by atoms with Gasteiger partial charge in [-0.05, 0) is 18.6 Å². The van der Waals surface area contributed by atoms with Gasteiger partial charge in [-0.25, -0.2) is 14.3 Å². The zero-order chi connectivity index (χ0) is 22.1. The molecule has 3 aromatic rings. The summed E-state index contributed by atoms with van der Waals surface area (Å²) in [6.45, 7) is 2.33. The lowest BCUT2D eigenvalue weighted by Gasteiger charge is -2.19. The molecule has 1 aliphatic heterocycles. The first-order chi connectivity index (χ1) is 14.9. The number of aromatic nitrogens is 3. The molecule has 0 bridgehead atoms. The van der Waals surface area contributed by atoms with Crippen LogP contribution < -0.4 is 30.8 Å². The normalized spacial score (nSPS) is 12.6. The number of nitrogens with one attached hydrogen (secondary N) is 1. The average molecular weight is 426 g/mol. The predicted octanol–water partition coefficient (Wildman–Crippen LogP) is 1.08. The van der Waals surface area contributed by atoms with E-state index in [1.807, 2.05) is 6.92 Å². The van der Waals surface area contributed by atoms with Crippen LogP contribution in [0.2, 0.25) is 0 Å². The van der Waals surface area contributed by atoms with Gasteiger partial charge in [-0.2, -0.15) is 0 Å². The number of methoxy groups -OCH3 is 1. The zero-order valence-corrected chi connectivity index (χ0v) is 17.4. The summed E-state index contributed by atoms with van der Waals surface area (Å²) in [5.41, 5.74) is 0.127. The van der Waals surface area contributed by atoms with Crippen molar-refractivity contribution < 1.29 is 19.0 Å². The second kappa shape index (κ2) is 8.13. The molecule has 31 heavy (non-hydrogen) atoms. The molecule has 0 unspecified atom stereocenters. The summed E-state index contributed by atoms with van der Waals surface area (Å²) in [7, 11) is 2.95. The van der Waals surface area contributed by atoms with Crippen LogP contribution in [-0.2, 0) is 24.8 Å². The molecule has 0 spiro atoms. The maximum atomic E-state index is 13.1. The first kappa shape index (κ1) is 20.5. The highest BCUT2D eigenvalue weighted by Gasteiger charge is 2.20. The van der Waals surface area contributed by atoms with Crippen LogP contribution in [0.5, 0.6) is 17.2 Å². The second-order valence-electron chi connectivity index (χ2n) is 7.01. The molecule has 10 heteroatoms. The SMILES string of the molecule is CCc1cnc2c(c1OC)c(=O)n(CC(=O)Nc1ccc3c(c1)OCCO3)c(=O)n2C. The van der Waals surface area contributed by atoms with Crippen LogP contribution in [0, 0.1) is 0 Å². The minimum absolute atomic E-state index is 0.163. The number of hydrogen-bond acceptors (Lipinski definition) is 7. The number of aryl methyl sites for hydroxylation is 2. The van der Waals surface area contributed by atoms with E-state index in [9.17, 15) is 14.4 Å². The smallest absolute Gasteiger partial charge is 0.332 e. The minimum Gasteiger partial charge on any atom is -0.495 e. The van der Waals surface area contributed by atoms with Gasteiger partial charge in [0.25, 0.3) is 5.56 Å². The second-order valence-corrected chi connectivity index (χ2v) is 7.01. The summed E-state index contributed by atoms with van der Waals surface area (Å²) in [6.07, 6.45) is 2.18. The first-order valence-electron chi connectivity index (χ1n) is 9.79. The number of carbonyl (C=O) groups excluding carboxylic acids is 1.